The van der Waals surface area contributed by atoms with Gasteiger partial charge in [-0.1, -0.05) is 6.92 Å². The van der Waals surface area contributed by atoms with Gasteiger partial charge in [-0.25, -0.2) is 4.98 Å². The minimum Gasteiger partial charge on any atom is -0.475 e. The lowest BCUT2D eigenvalue weighted by Gasteiger charge is -2.09. The molecule has 6 heteroatoms. The Morgan fingerprint density at radius 3 is 2.90 bits per heavy atom. The molecule has 0 unspecified atom stereocenters. The first-order valence-corrected chi connectivity index (χ1v) is 6.57. The lowest BCUT2D eigenvalue weighted by atomic mass is 10.4. The number of hydrogen-bond acceptors (Lipinski definition) is 6. The van der Waals surface area contributed by atoms with Crippen LogP contribution in [0.4, 0.5) is 5.82 Å². The average Bonchev–Trinajstić information content (AvgIpc) is 2.98. The summed E-state index contributed by atoms with van der Waals surface area (Å²) in [5.74, 6) is 2.86. The third kappa shape index (κ3) is 4.24. The molecule has 6 nitrogen and oxygen atoms in total. The van der Waals surface area contributed by atoms with Gasteiger partial charge in [-0.3, -0.25) is 0 Å². The van der Waals surface area contributed by atoms with Crippen molar-refractivity contribution in [1.29, 1.82) is 0 Å². The summed E-state index contributed by atoms with van der Waals surface area (Å²) in [6, 6.07) is 5.54. The molecule has 0 atom stereocenters. The molecule has 2 aromatic rings. The third-order valence-corrected chi connectivity index (χ3v) is 2.63. The van der Waals surface area contributed by atoms with Crippen molar-refractivity contribution in [1.82, 2.24) is 9.97 Å². The van der Waals surface area contributed by atoms with E-state index in [1.165, 1.54) is 0 Å². The van der Waals surface area contributed by atoms with E-state index in [0.29, 0.717) is 25.6 Å². The van der Waals surface area contributed by atoms with Crippen LogP contribution in [0.1, 0.15) is 18.5 Å². The molecule has 0 aliphatic rings. The van der Waals surface area contributed by atoms with Crippen LogP contribution in [0.3, 0.4) is 0 Å². The summed E-state index contributed by atoms with van der Waals surface area (Å²) in [5, 5.41) is 3.20. The zero-order valence-corrected chi connectivity index (χ0v) is 11.8. The maximum atomic E-state index is 5.53. The minimum atomic E-state index is 0.467. The van der Waals surface area contributed by atoms with Gasteiger partial charge in [0.05, 0.1) is 19.4 Å². The van der Waals surface area contributed by atoms with Crippen LogP contribution in [0.15, 0.2) is 28.9 Å². The van der Waals surface area contributed by atoms with Crippen LogP contribution < -0.4 is 10.1 Å². The van der Waals surface area contributed by atoms with Crippen molar-refractivity contribution in [2.24, 2.45) is 0 Å². The van der Waals surface area contributed by atoms with Crippen molar-refractivity contribution in [2.45, 2.75) is 19.9 Å². The topological polar surface area (TPSA) is 69.4 Å². The largest absolute Gasteiger partial charge is 0.475 e. The quantitative estimate of drug-likeness (QED) is 0.746. The molecule has 0 saturated heterocycles. The summed E-state index contributed by atoms with van der Waals surface area (Å²) in [4.78, 5) is 8.72. The Bertz CT molecular complexity index is 514. The van der Waals surface area contributed by atoms with Crippen molar-refractivity contribution in [2.75, 3.05) is 25.6 Å². The minimum absolute atomic E-state index is 0.467. The first-order valence-electron chi connectivity index (χ1n) is 6.57. The number of hydrogen-bond donors (Lipinski definition) is 1. The number of ether oxygens (including phenoxy) is 2. The Balaban J connectivity index is 2.01. The molecule has 0 aliphatic carbocycles. The van der Waals surface area contributed by atoms with Crippen LogP contribution in [0, 0.1) is 0 Å². The monoisotopic (exact) mass is 277 g/mol. The maximum Gasteiger partial charge on any atom is 0.218 e. The number of furan rings is 1. The molecule has 0 radical (unpaired) electrons. The molecule has 0 spiro atoms. The van der Waals surface area contributed by atoms with Crippen molar-refractivity contribution < 1.29 is 13.9 Å². The standard InChI is InChI=1S/C14H19N3O3/c1-3-12-16-13(15-10-11-5-4-6-19-11)9-14(17-12)20-8-7-18-2/h4-6,9H,3,7-8,10H2,1-2H3,(H,15,16,17). The summed E-state index contributed by atoms with van der Waals surface area (Å²) >= 11 is 0. The van der Waals surface area contributed by atoms with E-state index in [0.717, 1.165) is 23.8 Å². The van der Waals surface area contributed by atoms with Crippen LogP contribution in [0.5, 0.6) is 5.88 Å². The van der Waals surface area contributed by atoms with Crippen LogP contribution in [0.2, 0.25) is 0 Å². The number of nitrogens with zero attached hydrogens (tertiary/aromatic N) is 2. The van der Waals surface area contributed by atoms with Gasteiger partial charge in [0.25, 0.3) is 0 Å². The molecular formula is C14H19N3O3. The van der Waals surface area contributed by atoms with Gasteiger partial charge in [0.2, 0.25) is 5.88 Å². The van der Waals surface area contributed by atoms with Gasteiger partial charge in [-0.15, -0.1) is 0 Å². The molecule has 1 N–H and O–H groups in total. The highest BCUT2D eigenvalue weighted by molar-refractivity contribution is 5.38. The summed E-state index contributed by atoms with van der Waals surface area (Å²) in [6.45, 7) is 3.57. The Kier molecular flexibility index (Phi) is 5.37. The number of anilines is 1. The number of nitrogens with one attached hydrogen (secondary N) is 1. The molecule has 2 aromatic heterocycles. The Morgan fingerprint density at radius 1 is 1.30 bits per heavy atom. The van der Waals surface area contributed by atoms with E-state index in [1.54, 1.807) is 19.4 Å². The first kappa shape index (κ1) is 14.3. The fourth-order valence-corrected chi connectivity index (χ4v) is 1.62. The second kappa shape index (κ2) is 7.49. The lowest BCUT2D eigenvalue weighted by molar-refractivity contribution is 0.143. The van der Waals surface area contributed by atoms with E-state index < -0.39 is 0 Å². The Hall–Kier alpha value is -2.08. The molecule has 2 rings (SSSR count). The summed E-state index contributed by atoms with van der Waals surface area (Å²) in [7, 11) is 1.64. The second-order valence-electron chi connectivity index (χ2n) is 4.14. The van der Waals surface area contributed by atoms with Crippen LogP contribution >= 0.6 is 0 Å². The Labute approximate surface area is 118 Å². The maximum absolute atomic E-state index is 5.53. The molecule has 0 aromatic carbocycles. The summed E-state index contributed by atoms with van der Waals surface area (Å²) in [6.07, 6.45) is 2.39. The predicted octanol–water partition coefficient (Wildman–Crippen LogP) is 2.27. The predicted molar refractivity (Wildman–Crippen MR) is 74.8 cm³/mol. The molecule has 0 bridgehead atoms. The van der Waals surface area contributed by atoms with E-state index >= 15 is 0 Å². The zero-order chi connectivity index (χ0) is 14.2. The summed E-state index contributed by atoms with van der Waals surface area (Å²) in [5.41, 5.74) is 0. The molecule has 0 fully saturated rings. The highest BCUT2D eigenvalue weighted by Crippen LogP contribution is 2.15. The first-order chi connectivity index (χ1) is 9.81. The van der Waals surface area contributed by atoms with Crippen LogP contribution in [-0.2, 0) is 17.7 Å². The van der Waals surface area contributed by atoms with E-state index in [-0.39, 0.29) is 0 Å². The highest BCUT2D eigenvalue weighted by Gasteiger charge is 2.05. The number of aromatic nitrogens is 2. The van der Waals surface area contributed by atoms with Crippen molar-refractivity contribution in [3.63, 3.8) is 0 Å². The number of aryl methyl sites for hydroxylation is 1. The van der Waals surface area contributed by atoms with Crippen molar-refractivity contribution >= 4 is 5.82 Å². The molecule has 0 amide bonds. The molecule has 0 aliphatic heterocycles. The summed E-state index contributed by atoms with van der Waals surface area (Å²) < 4.78 is 15.7. The lowest BCUT2D eigenvalue weighted by Crippen LogP contribution is -2.09. The van der Waals surface area contributed by atoms with Crippen molar-refractivity contribution in [3.05, 3.63) is 36.0 Å². The van der Waals surface area contributed by atoms with E-state index in [1.807, 2.05) is 19.1 Å². The van der Waals surface area contributed by atoms with E-state index in [2.05, 4.69) is 15.3 Å². The van der Waals surface area contributed by atoms with Gasteiger partial charge >= 0.3 is 0 Å². The van der Waals surface area contributed by atoms with Gasteiger partial charge in [0.1, 0.15) is 24.0 Å². The molecular weight excluding hydrogens is 258 g/mol. The second-order valence-corrected chi connectivity index (χ2v) is 4.14. The fraction of sp³-hybridized carbons (Fsp3) is 0.429. The SMILES string of the molecule is CCc1nc(NCc2ccco2)cc(OCCOC)n1. The van der Waals surface area contributed by atoms with Crippen LogP contribution in [0.25, 0.3) is 0 Å². The zero-order valence-electron chi connectivity index (χ0n) is 11.8. The van der Waals surface area contributed by atoms with E-state index in [9.17, 15) is 0 Å². The number of rotatable bonds is 8. The third-order valence-electron chi connectivity index (χ3n) is 2.63. The van der Waals surface area contributed by atoms with Gasteiger partial charge in [0, 0.05) is 19.6 Å². The van der Waals surface area contributed by atoms with Gasteiger partial charge in [0.15, 0.2) is 0 Å². The van der Waals surface area contributed by atoms with Gasteiger partial charge < -0.3 is 19.2 Å². The fourth-order valence-electron chi connectivity index (χ4n) is 1.62. The Morgan fingerprint density at radius 2 is 2.20 bits per heavy atom. The van der Waals surface area contributed by atoms with Gasteiger partial charge in [-0.2, -0.15) is 4.98 Å². The van der Waals surface area contributed by atoms with E-state index in [4.69, 9.17) is 13.9 Å². The van der Waals surface area contributed by atoms with Crippen LogP contribution in [-0.4, -0.2) is 30.3 Å². The van der Waals surface area contributed by atoms with Crippen molar-refractivity contribution in [3.8, 4) is 5.88 Å². The molecule has 0 saturated carbocycles. The van der Waals surface area contributed by atoms with Gasteiger partial charge in [-0.05, 0) is 12.1 Å². The molecule has 2 heterocycles. The number of methoxy groups -OCH3 is 1. The smallest absolute Gasteiger partial charge is 0.218 e. The highest BCUT2D eigenvalue weighted by atomic mass is 16.5. The normalized spacial score (nSPS) is 10.5. The average molecular weight is 277 g/mol. The molecule has 20 heavy (non-hydrogen) atoms. The molecule has 108 valence electrons.